The molecule has 0 atom stereocenters. The van der Waals surface area contributed by atoms with Gasteiger partial charge in [0.15, 0.2) is 0 Å². The minimum atomic E-state index is -0.932. The summed E-state index contributed by atoms with van der Waals surface area (Å²) in [5.74, 6) is -0.932. The number of aliphatic carboxylic acids is 1. The molecule has 0 spiro atoms. The van der Waals surface area contributed by atoms with E-state index >= 15 is 0 Å². The zero-order chi connectivity index (χ0) is 12.6. The first-order chi connectivity index (χ1) is 7.37. The molecular weight excluding hydrogens is 212 g/mol. The van der Waals surface area contributed by atoms with Crippen LogP contribution >= 0.6 is 0 Å². The number of ether oxygens (including phenoxy) is 1. The summed E-state index contributed by atoms with van der Waals surface area (Å²) < 4.78 is 4.92. The average Bonchev–Trinajstić information content (AvgIpc) is 2.13. The van der Waals surface area contributed by atoms with Crippen LogP contribution in [0.1, 0.15) is 26.7 Å². The number of methoxy groups -OCH3 is 1. The monoisotopic (exact) mass is 232 g/mol. The van der Waals surface area contributed by atoms with E-state index < -0.39 is 5.97 Å². The van der Waals surface area contributed by atoms with Crippen molar-refractivity contribution in [2.75, 3.05) is 20.3 Å². The highest BCUT2D eigenvalue weighted by Gasteiger charge is 2.19. The zero-order valence-electron chi connectivity index (χ0n) is 10.0. The average molecular weight is 232 g/mol. The summed E-state index contributed by atoms with van der Waals surface area (Å²) in [6, 6.07) is -0.359. The third-order valence-electron chi connectivity index (χ3n) is 2.01. The molecule has 0 rings (SSSR count). The first kappa shape index (κ1) is 14.7. The van der Waals surface area contributed by atoms with Gasteiger partial charge in [0, 0.05) is 25.8 Å². The Kier molecular flexibility index (Phi) is 6.48. The summed E-state index contributed by atoms with van der Waals surface area (Å²) in [6.45, 7) is 4.44. The Balaban J connectivity index is 3.80. The van der Waals surface area contributed by atoms with Crippen LogP contribution in [-0.2, 0) is 9.53 Å². The summed E-state index contributed by atoms with van der Waals surface area (Å²) in [5, 5.41) is 13.6. The summed E-state index contributed by atoms with van der Waals surface area (Å²) in [5.41, 5.74) is -0.372. The molecule has 0 saturated heterocycles. The first-order valence-corrected chi connectivity index (χ1v) is 5.14. The van der Waals surface area contributed by atoms with Crippen LogP contribution in [0.3, 0.4) is 0 Å². The predicted octanol–water partition coefficient (Wildman–Crippen LogP) is 0.575. The van der Waals surface area contributed by atoms with Gasteiger partial charge < -0.3 is 20.5 Å². The van der Waals surface area contributed by atoms with Crippen LogP contribution in [0.2, 0.25) is 0 Å². The number of carbonyl (C=O) groups excluding carboxylic acids is 1. The maximum atomic E-state index is 11.3. The predicted molar refractivity (Wildman–Crippen MR) is 59.4 cm³/mol. The van der Waals surface area contributed by atoms with E-state index in [-0.39, 0.29) is 24.5 Å². The topological polar surface area (TPSA) is 87.7 Å². The SMILES string of the molecule is COCCC(C)(C)NC(=O)NCCC(=O)O. The molecule has 0 heterocycles. The molecule has 94 valence electrons. The lowest BCUT2D eigenvalue weighted by Gasteiger charge is -2.25. The number of hydrogen-bond acceptors (Lipinski definition) is 3. The van der Waals surface area contributed by atoms with Crippen LogP contribution in [0.5, 0.6) is 0 Å². The van der Waals surface area contributed by atoms with Crippen molar-refractivity contribution < 1.29 is 19.4 Å². The largest absolute Gasteiger partial charge is 0.481 e. The van der Waals surface area contributed by atoms with Crippen molar-refractivity contribution in [3.63, 3.8) is 0 Å². The normalized spacial score (nSPS) is 10.9. The Morgan fingerprint density at radius 3 is 2.50 bits per heavy atom. The Bertz CT molecular complexity index is 241. The molecule has 0 bridgehead atoms. The molecule has 2 amide bonds. The Labute approximate surface area is 95.4 Å². The lowest BCUT2D eigenvalue weighted by atomic mass is 10.0. The fourth-order valence-electron chi connectivity index (χ4n) is 1.05. The second-order valence-corrected chi connectivity index (χ2v) is 4.15. The number of carboxylic acids is 1. The van der Waals surface area contributed by atoms with Crippen LogP contribution in [0.25, 0.3) is 0 Å². The van der Waals surface area contributed by atoms with Crippen molar-refractivity contribution in [3.8, 4) is 0 Å². The fraction of sp³-hybridized carbons (Fsp3) is 0.800. The second-order valence-electron chi connectivity index (χ2n) is 4.15. The molecule has 0 unspecified atom stereocenters. The number of urea groups is 1. The molecule has 0 aliphatic rings. The van der Waals surface area contributed by atoms with Crippen LogP contribution < -0.4 is 10.6 Å². The molecular formula is C10H20N2O4. The number of rotatable bonds is 7. The number of hydrogen-bond donors (Lipinski definition) is 3. The highest BCUT2D eigenvalue weighted by molar-refractivity contribution is 5.75. The molecule has 3 N–H and O–H groups in total. The maximum absolute atomic E-state index is 11.3. The van der Waals surface area contributed by atoms with Crippen LogP contribution in [-0.4, -0.2) is 42.9 Å². The minimum Gasteiger partial charge on any atom is -0.481 e. The van der Waals surface area contributed by atoms with E-state index in [4.69, 9.17) is 9.84 Å². The molecule has 0 aromatic rings. The Morgan fingerprint density at radius 2 is 2.00 bits per heavy atom. The smallest absolute Gasteiger partial charge is 0.315 e. The van der Waals surface area contributed by atoms with Gasteiger partial charge in [-0.1, -0.05) is 0 Å². The highest BCUT2D eigenvalue weighted by atomic mass is 16.5. The molecule has 0 saturated carbocycles. The van der Waals surface area contributed by atoms with Gasteiger partial charge >= 0.3 is 12.0 Å². The number of amides is 2. The van der Waals surface area contributed by atoms with Gasteiger partial charge in [-0.2, -0.15) is 0 Å². The van der Waals surface area contributed by atoms with E-state index in [2.05, 4.69) is 10.6 Å². The summed E-state index contributed by atoms with van der Waals surface area (Å²) in [6.07, 6.45) is 0.613. The number of carboxylic acid groups (broad SMARTS) is 1. The van der Waals surface area contributed by atoms with Crippen molar-refractivity contribution in [1.29, 1.82) is 0 Å². The first-order valence-electron chi connectivity index (χ1n) is 5.14. The van der Waals surface area contributed by atoms with E-state index in [1.165, 1.54) is 0 Å². The van der Waals surface area contributed by atoms with Gasteiger partial charge in [0.1, 0.15) is 0 Å². The van der Waals surface area contributed by atoms with Gasteiger partial charge in [0.25, 0.3) is 0 Å². The lowest BCUT2D eigenvalue weighted by molar-refractivity contribution is -0.136. The lowest BCUT2D eigenvalue weighted by Crippen LogP contribution is -2.49. The molecule has 0 radical (unpaired) electrons. The van der Waals surface area contributed by atoms with Gasteiger partial charge in [-0.25, -0.2) is 4.79 Å². The van der Waals surface area contributed by atoms with Crippen molar-refractivity contribution >= 4 is 12.0 Å². The molecule has 0 fully saturated rings. The Morgan fingerprint density at radius 1 is 1.38 bits per heavy atom. The number of carbonyl (C=O) groups is 2. The molecule has 6 nitrogen and oxygen atoms in total. The summed E-state index contributed by atoms with van der Waals surface area (Å²) in [4.78, 5) is 21.6. The van der Waals surface area contributed by atoms with Crippen LogP contribution in [0, 0.1) is 0 Å². The highest BCUT2D eigenvalue weighted by Crippen LogP contribution is 2.07. The summed E-state index contributed by atoms with van der Waals surface area (Å²) in [7, 11) is 1.60. The fourth-order valence-corrected chi connectivity index (χ4v) is 1.05. The molecule has 0 aliphatic heterocycles. The zero-order valence-corrected chi connectivity index (χ0v) is 10.0. The standard InChI is InChI=1S/C10H20N2O4/c1-10(2,5-7-16-3)12-9(15)11-6-4-8(13)14/h4-7H2,1-3H3,(H,13,14)(H2,11,12,15). The van der Waals surface area contributed by atoms with Crippen molar-refractivity contribution in [2.24, 2.45) is 0 Å². The summed E-state index contributed by atoms with van der Waals surface area (Å²) >= 11 is 0. The van der Waals surface area contributed by atoms with E-state index in [1.54, 1.807) is 7.11 Å². The molecule has 0 aliphatic carbocycles. The van der Waals surface area contributed by atoms with E-state index in [1.807, 2.05) is 13.8 Å². The maximum Gasteiger partial charge on any atom is 0.315 e. The van der Waals surface area contributed by atoms with Crippen molar-refractivity contribution in [3.05, 3.63) is 0 Å². The van der Waals surface area contributed by atoms with Crippen molar-refractivity contribution in [2.45, 2.75) is 32.2 Å². The molecule has 0 aromatic carbocycles. The second kappa shape index (κ2) is 7.05. The van der Waals surface area contributed by atoms with Gasteiger partial charge in [0.2, 0.25) is 0 Å². The van der Waals surface area contributed by atoms with Crippen molar-refractivity contribution in [1.82, 2.24) is 10.6 Å². The van der Waals surface area contributed by atoms with Crippen LogP contribution in [0.15, 0.2) is 0 Å². The van der Waals surface area contributed by atoms with E-state index in [0.717, 1.165) is 0 Å². The minimum absolute atomic E-state index is 0.0775. The quantitative estimate of drug-likeness (QED) is 0.599. The van der Waals surface area contributed by atoms with E-state index in [9.17, 15) is 9.59 Å². The number of nitrogens with one attached hydrogen (secondary N) is 2. The third-order valence-corrected chi connectivity index (χ3v) is 2.01. The third kappa shape index (κ3) is 8.05. The van der Waals surface area contributed by atoms with Crippen LogP contribution in [0.4, 0.5) is 4.79 Å². The van der Waals surface area contributed by atoms with Gasteiger partial charge in [-0.3, -0.25) is 4.79 Å². The molecule has 16 heavy (non-hydrogen) atoms. The molecule has 0 aromatic heterocycles. The van der Waals surface area contributed by atoms with E-state index in [0.29, 0.717) is 13.0 Å². The van der Waals surface area contributed by atoms with Gasteiger partial charge in [0.05, 0.1) is 6.42 Å². The Hall–Kier alpha value is -1.30. The van der Waals surface area contributed by atoms with Gasteiger partial charge in [-0.15, -0.1) is 0 Å². The molecule has 6 heteroatoms. The van der Waals surface area contributed by atoms with Gasteiger partial charge in [-0.05, 0) is 20.3 Å².